The van der Waals surface area contributed by atoms with E-state index in [-0.39, 0.29) is 23.8 Å². The molecule has 1 amide bonds. The van der Waals surface area contributed by atoms with Crippen LogP contribution < -0.4 is 5.32 Å². The molecule has 2 rings (SSSR count). The zero-order valence-corrected chi connectivity index (χ0v) is 14.9. The molecular weight excluding hydrogens is 345 g/mol. The number of aryl methyl sites for hydroxylation is 1. The van der Waals surface area contributed by atoms with Crippen molar-refractivity contribution in [3.63, 3.8) is 0 Å². The van der Waals surface area contributed by atoms with Gasteiger partial charge in [-0.15, -0.1) is 0 Å². The second kappa shape index (κ2) is 8.17. The molecule has 0 aliphatic rings. The van der Waals surface area contributed by atoms with Gasteiger partial charge in [0.05, 0.1) is 4.90 Å². The third-order valence-electron chi connectivity index (χ3n) is 3.58. The Morgan fingerprint density at radius 1 is 1.24 bits per heavy atom. The van der Waals surface area contributed by atoms with Crippen molar-refractivity contribution in [3.05, 3.63) is 54.0 Å². The van der Waals surface area contributed by atoms with Gasteiger partial charge in [-0.3, -0.25) is 4.79 Å². The van der Waals surface area contributed by atoms with Crippen molar-refractivity contribution in [1.82, 2.24) is 9.29 Å². The summed E-state index contributed by atoms with van der Waals surface area (Å²) in [7, 11) is -2.27. The summed E-state index contributed by atoms with van der Waals surface area (Å²) in [5.41, 5.74) is 0.982. The second-order valence-corrected chi connectivity index (χ2v) is 7.70. The minimum Gasteiger partial charge on any atom is -0.311 e. The molecule has 1 aromatic heterocycles. The topological polar surface area (TPSA) is 79.4 Å². The molecule has 1 heterocycles. The Labute approximate surface area is 146 Å². The summed E-state index contributed by atoms with van der Waals surface area (Å²) < 4.78 is 38.7. The molecule has 2 aromatic rings. The van der Waals surface area contributed by atoms with E-state index in [0.717, 1.165) is 22.0 Å². The Balaban J connectivity index is 1.86. The fourth-order valence-electron chi connectivity index (χ4n) is 2.18. The van der Waals surface area contributed by atoms with Crippen LogP contribution in [0.3, 0.4) is 0 Å². The number of carbonyl (C=O) groups excluding carboxylic acids is 1. The number of carbonyl (C=O) groups is 1. The molecule has 0 fully saturated rings. The third-order valence-corrected chi connectivity index (χ3v) is 5.45. The summed E-state index contributed by atoms with van der Waals surface area (Å²) in [5, 5.41) is 2.67. The van der Waals surface area contributed by atoms with Crippen LogP contribution in [0.4, 0.5) is 10.2 Å². The van der Waals surface area contributed by atoms with Gasteiger partial charge in [0, 0.05) is 26.2 Å². The molecule has 0 radical (unpaired) electrons. The largest absolute Gasteiger partial charge is 0.311 e. The second-order valence-electron chi connectivity index (χ2n) is 5.65. The lowest BCUT2D eigenvalue weighted by Crippen LogP contribution is -2.28. The van der Waals surface area contributed by atoms with Crippen LogP contribution in [0.1, 0.15) is 18.4 Å². The Morgan fingerprint density at radius 3 is 2.56 bits per heavy atom. The number of hydrogen-bond acceptors (Lipinski definition) is 4. The smallest absolute Gasteiger partial charge is 0.242 e. The number of halogens is 1. The molecule has 0 unspecified atom stereocenters. The number of aromatic nitrogens is 1. The Hall–Kier alpha value is -2.32. The minimum atomic E-state index is -3.70. The highest BCUT2D eigenvalue weighted by molar-refractivity contribution is 7.89. The molecule has 0 bridgehead atoms. The Morgan fingerprint density at radius 2 is 1.92 bits per heavy atom. The van der Waals surface area contributed by atoms with Gasteiger partial charge in [0.2, 0.25) is 15.9 Å². The normalized spacial score (nSPS) is 11.5. The molecule has 0 saturated carbocycles. The highest BCUT2D eigenvalue weighted by atomic mass is 32.2. The van der Waals surface area contributed by atoms with Gasteiger partial charge < -0.3 is 5.32 Å². The first-order valence-corrected chi connectivity index (χ1v) is 9.17. The van der Waals surface area contributed by atoms with Crippen LogP contribution in [0, 0.1) is 12.7 Å². The first-order valence-electron chi connectivity index (χ1n) is 7.73. The van der Waals surface area contributed by atoms with E-state index >= 15 is 0 Å². The van der Waals surface area contributed by atoms with E-state index in [9.17, 15) is 17.6 Å². The molecule has 1 N–H and O–H groups in total. The van der Waals surface area contributed by atoms with Crippen molar-refractivity contribution >= 4 is 21.7 Å². The van der Waals surface area contributed by atoms with Crippen molar-refractivity contribution in [2.24, 2.45) is 0 Å². The van der Waals surface area contributed by atoms with E-state index < -0.39 is 15.8 Å². The number of pyridine rings is 1. The summed E-state index contributed by atoms with van der Waals surface area (Å²) in [4.78, 5) is 16.0. The van der Waals surface area contributed by atoms with Gasteiger partial charge in [0.15, 0.2) is 0 Å². The lowest BCUT2D eigenvalue weighted by molar-refractivity contribution is -0.116. The fourth-order valence-corrected chi connectivity index (χ4v) is 3.39. The van der Waals surface area contributed by atoms with Crippen LogP contribution >= 0.6 is 0 Å². The number of nitrogens with zero attached hydrogens (tertiary/aromatic N) is 2. The van der Waals surface area contributed by atoms with Crippen LogP contribution in [0.25, 0.3) is 0 Å². The predicted octanol–water partition coefficient (Wildman–Crippen LogP) is 2.57. The molecule has 0 atom stereocenters. The van der Waals surface area contributed by atoms with Crippen molar-refractivity contribution in [2.45, 2.75) is 24.7 Å². The quantitative estimate of drug-likeness (QED) is 0.818. The molecule has 6 nitrogen and oxygen atoms in total. The first-order chi connectivity index (χ1) is 11.8. The molecule has 1 aromatic carbocycles. The fraction of sp³-hybridized carbons (Fsp3) is 0.294. The van der Waals surface area contributed by atoms with Crippen molar-refractivity contribution in [3.8, 4) is 0 Å². The third kappa shape index (κ3) is 5.33. The average Bonchev–Trinajstić information content (AvgIpc) is 2.55. The summed E-state index contributed by atoms with van der Waals surface area (Å²) in [6, 6.07) is 8.22. The number of anilines is 1. The molecule has 0 saturated heterocycles. The van der Waals surface area contributed by atoms with Gasteiger partial charge in [0.25, 0.3) is 0 Å². The standard InChI is InChI=1S/C17H20FN3O3S/c1-13-9-10-19-16(12-13)20-17(22)4-3-11-21(2)25(23,24)15-7-5-14(18)6-8-15/h5-10,12H,3-4,11H2,1-2H3,(H,19,20,22). The van der Waals surface area contributed by atoms with E-state index in [0.29, 0.717) is 12.2 Å². The maximum atomic E-state index is 12.9. The van der Waals surface area contributed by atoms with E-state index in [4.69, 9.17) is 0 Å². The summed E-state index contributed by atoms with van der Waals surface area (Å²) >= 11 is 0. The highest BCUT2D eigenvalue weighted by Crippen LogP contribution is 2.15. The highest BCUT2D eigenvalue weighted by Gasteiger charge is 2.20. The van der Waals surface area contributed by atoms with Gasteiger partial charge in [-0.25, -0.2) is 22.1 Å². The molecule has 25 heavy (non-hydrogen) atoms. The van der Waals surface area contributed by atoms with Crippen LogP contribution in [0.15, 0.2) is 47.5 Å². The predicted molar refractivity (Wildman–Crippen MR) is 93.1 cm³/mol. The minimum absolute atomic E-state index is 0.0183. The first kappa shape index (κ1) is 19.0. The lowest BCUT2D eigenvalue weighted by Gasteiger charge is -2.17. The van der Waals surface area contributed by atoms with Crippen molar-refractivity contribution < 1.29 is 17.6 Å². The number of amides is 1. The summed E-state index contributed by atoms with van der Waals surface area (Å²) in [5.74, 6) is -0.258. The lowest BCUT2D eigenvalue weighted by atomic mass is 10.2. The average molecular weight is 365 g/mol. The molecule has 0 aliphatic carbocycles. The zero-order chi connectivity index (χ0) is 18.4. The molecule has 0 spiro atoms. The van der Waals surface area contributed by atoms with Crippen LogP contribution in [-0.4, -0.2) is 37.2 Å². The van der Waals surface area contributed by atoms with E-state index in [1.165, 1.54) is 19.2 Å². The molecule has 134 valence electrons. The molecular formula is C17H20FN3O3S. The summed E-state index contributed by atoms with van der Waals surface area (Å²) in [6.07, 6.45) is 2.13. The number of sulfonamides is 1. The van der Waals surface area contributed by atoms with Crippen molar-refractivity contribution in [1.29, 1.82) is 0 Å². The van der Waals surface area contributed by atoms with Gasteiger partial charge in [-0.1, -0.05) is 0 Å². The van der Waals surface area contributed by atoms with Gasteiger partial charge >= 0.3 is 0 Å². The van der Waals surface area contributed by atoms with Crippen LogP contribution in [0.2, 0.25) is 0 Å². The van der Waals surface area contributed by atoms with E-state index in [1.54, 1.807) is 12.3 Å². The van der Waals surface area contributed by atoms with Crippen molar-refractivity contribution in [2.75, 3.05) is 18.9 Å². The molecule has 8 heteroatoms. The van der Waals surface area contributed by atoms with Crippen LogP contribution in [-0.2, 0) is 14.8 Å². The Kier molecular flexibility index (Phi) is 6.22. The van der Waals surface area contributed by atoms with Gasteiger partial charge in [0.1, 0.15) is 11.6 Å². The van der Waals surface area contributed by atoms with Gasteiger partial charge in [-0.05, 0) is 55.3 Å². The maximum absolute atomic E-state index is 12.9. The Bertz CT molecular complexity index is 838. The van der Waals surface area contributed by atoms with Gasteiger partial charge in [-0.2, -0.15) is 0 Å². The molecule has 0 aliphatic heterocycles. The van der Waals surface area contributed by atoms with Crippen LogP contribution in [0.5, 0.6) is 0 Å². The summed E-state index contributed by atoms with van der Waals surface area (Å²) in [6.45, 7) is 2.07. The zero-order valence-electron chi connectivity index (χ0n) is 14.1. The number of rotatable bonds is 7. The number of nitrogens with one attached hydrogen (secondary N) is 1. The van der Waals surface area contributed by atoms with E-state index in [1.807, 2.05) is 13.0 Å². The SMILES string of the molecule is Cc1ccnc(NC(=O)CCCN(C)S(=O)(=O)c2ccc(F)cc2)c1. The van der Waals surface area contributed by atoms with E-state index in [2.05, 4.69) is 10.3 Å². The number of hydrogen-bond donors (Lipinski definition) is 1. The monoisotopic (exact) mass is 365 g/mol. The number of benzene rings is 1. The maximum Gasteiger partial charge on any atom is 0.242 e.